The number of nitrogens with zero attached hydrogens (tertiary/aromatic N) is 4. The monoisotopic (exact) mass is 216 g/mol. The van der Waals surface area contributed by atoms with E-state index < -0.39 is 0 Å². The van der Waals surface area contributed by atoms with Gasteiger partial charge in [-0.25, -0.2) is 4.68 Å². The second kappa shape index (κ2) is 4.43. The molecule has 4 nitrogen and oxygen atoms in total. The predicted octanol–water partition coefficient (Wildman–Crippen LogP) is 1.90. The molecule has 2 aromatic rings. The van der Waals surface area contributed by atoms with Crippen molar-refractivity contribution >= 4 is 0 Å². The summed E-state index contributed by atoms with van der Waals surface area (Å²) >= 11 is 0. The Balaban J connectivity index is 2.34. The molecule has 0 atom stereocenters. The minimum atomic E-state index is 0.759. The van der Waals surface area contributed by atoms with E-state index in [0.717, 1.165) is 18.8 Å². The lowest BCUT2D eigenvalue weighted by atomic mass is 10.0. The Bertz CT molecular complexity index is 467. The average molecular weight is 216 g/mol. The van der Waals surface area contributed by atoms with E-state index in [1.807, 2.05) is 4.68 Å². The molecule has 0 saturated carbocycles. The van der Waals surface area contributed by atoms with Crippen LogP contribution in [0.4, 0.5) is 0 Å². The molecule has 0 radical (unpaired) electrons. The van der Waals surface area contributed by atoms with Crippen molar-refractivity contribution in [2.75, 3.05) is 0 Å². The van der Waals surface area contributed by atoms with Crippen LogP contribution in [0.15, 0.2) is 18.2 Å². The molecule has 0 fully saturated rings. The Morgan fingerprint density at radius 1 is 1.19 bits per heavy atom. The maximum atomic E-state index is 4.02. The van der Waals surface area contributed by atoms with Crippen LogP contribution >= 0.6 is 0 Å². The molecule has 0 spiro atoms. The molecule has 0 bridgehead atoms. The molecule has 16 heavy (non-hydrogen) atoms. The molecule has 0 amide bonds. The van der Waals surface area contributed by atoms with Crippen LogP contribution in [0.5, 0.6) is 0 Å². The summed E-state index contributed by atoms with van der Waals surface area (Å²) in [5.41, 5.74) is 3.89. The third-order valence-electron chi connectivity index (χ3n) is 2.87. The van der Waals surface area contributed by atoms with Gasteiger partial charge in [0.25, 0.3) is 0 Å². The largest absolute Gasteiger partial charge is 0.225 e. The topological polar surface area (TPSA) is 43.6 Å². The highest BCUT2D eigenvalue weighted by molar-refractivity contribution is 5.33. The van der Waals surface area contributed by atoms with Gasteiger partial charge in [-0.3, -0.25) is 0 Å². The molecular weight excluding hydrogens is 200 g/mol. The van der Waals surface area contributed by atoms with Gasteiger partial charge in [-0.05, 0) is 41.0 Å². The van der Waals surface area contributed by atoms with Crippen molar-refractivity contribution in [1.82, 2.24) is 20.2 Å². The van der Waals surface area contributed by atoms with Gasteiger partial charge in [0.15, 0.2) is 5.82 Å². The molecule has 0 aliphatic rings. The van der Waals surface area contributed by atoms with Gasteiger partial charge in [-0.2, -0.15) is 0 Å². The van der Waals surface area contributed by atoms with Crippen molar-refractivity contribution < 1.29 is 0 Å². The molecule has 4 heteroatoms. The molecule has 0 aliphatic carbocycles. The van der Waals surface area contributed by atoms with Crippen LogP contribution in [0.2, 0.25) is 0 Å². The van der Waals surface area contributed by atoms with Gasteiger partial charge in [0, 0.05) is 6.42 Å². The zero-order valence-electron chi connectivity index (χ0n) is 9.94. The third-order valence-corrected chi connectivity index (χ3v) is 2.87. The number of benzene rings is 1. The van der Waals surface area contributed by atoms with Gasteiger partial charge in [-0.1, -0.05) is 25.1 Å². The van der Waals surface area contributed by atoms with E-state index in [1.54, 1.807) is 0 Å². The summed E-state index contributed by atoms with van der Waals surface area (Å²) < 4.78 is 1.87. The van der Waals surface area contributed by atoms with Crippen molar-refractivity contribution in [3.05, 3.63) is 40.7 Å². The Kier molecular flexibility index (Phi) is 2.99. The number of aryl methyl sites for hydroxylation is 3. The Morgan fingerprint density at radius 3 is 2.50 bits per heavy atom. The Labute approximate surface area is 95.3 Å². The van der Waals surface area contributed by atoms with E-state index in [-0.39, 0.29) is 0 Å². The van der Waals surface area contributed by atoms with E-state index >= 15 is 0 Å². The van der Waals surface area contributed by atoms with Crippen LogP contribution in [0.25, 0.3) is 0 Å². The molecule has 0 saturated heterocycles. The highest BCUT2D eigenvalue weighted by atomic mass is 15.5. The third kappa shape index (κ3) is 1.96. The van der Waals surface area contributed by atoms with Crippen molar-refractivity contribution in [3.63, 3.8) is 0 Å². The molecule has 0 unspecified atom stereocenters. The minimum Gasteiger partial charge on any atom is -0.225 e. The van der Waals surface area contributed by atoms with Crippen LogP contribution in [0.1, 0.15) is 29.4 Å². The minimum absolute atomic E-state index is 0.759. The maximum Gasteiger partial charge on any atom is 0.151 e. The fraction of sp³-hybridized carbons (Fsp3) is 0.417. The van der Waals surface area contributed by atoms with Crippen molar-refractivity contribution in [2.45, 2.75) is 33.7 Å². The molecule has 0 N–H and O–H groups in total. The lowest BCUT2D eigenvalue weighted by molar-refractivity contribution is 0.618. The van der Waals surface area contributed by atoms with Crippen LogP contribution in [-0.2, 0) is 13.0 Å². The van der Waals surface area contributed by atoms with Gasteiger partial charge < -0.3 is 0 Å². The first-order valence-corrected chi connectivity index (χ1v) is 5.52. The number of aromatic nitrogens is 4. The predicted molar refractivity (Wildman–Crippen MR) is 62.2 cm³/mol. The van der Waals surface area contributed by atoms with Crippen LogP contribution < -0.4 is 0 Å². The molecular formula is C12H16N4. The molecule has 84 valence electrons. The van der Waals surface area contributed by atoms with Gasteiger partial charge in [0.05, 0.1) is 6.54 Å². The summed E-state index contributed by atoms with van der Waals surface area (Å²) in [6.45, 7) is 7.07. The number of hydrogen-bond donors (Lipinski definition) is 0. The maximum absolute atomic E-state index is 4.02. The van der Waals surface area contributed by atoms with Crippen LogP contribution in [-0.4, -0.2) is 20.2 Å². The summed E-state index contributed by atoms with van der Waals surface area (Å²) in [5, 5.41) is 11.7. The first-order chi connectivity index (χ1) is 7.72. The first kappa shape index (κ1) is 10.8. The van der Waals surface area contributed by atoms with Gasteiger partial charge in [-0.15, -0.1) is 5.10 Å². The van der Waals surface area contributed by atoms with E-state index in [0.29, 0.717) is 0 Å². The smallest absolute Gasteiger partial charge is 0.151 e. The summed E-state index contributed by atoms with van der Waals surface area (Å²) in [6.07, 6.45) is 0.859. The van der Waals surface area contributed by atoms with Crippen LogP contribution in [0.3, 0.4) is 0 Å². The van der Waals surface area contributed by atoms with E-state index in [9.17, 15) is 0 Å². The zero-order valence-corrected chi connectivity index (χ0v) is 9.94. The van der Waals surface area contributed by atoms with E-state index in [1.165, 1.54) is 16.7 Å². The van der Waals surface area contributed by atoms with Gasteiger partial charge in [0.2, 0.25) is 0 Å². The molecule has 1 aromatic carbocycles. The van der Waals surface area contributed by atoms with Crippen molar-refractivity contribution in [2.24, 2.45) is 0 Å². The fourth-order valence-corrected chi connectivity index (χ4v) is 1.85. The summed E-state index contributed by atoms with van der Waals surface area (Å²) in [5.74, 6) is 0.933. The van der Waals surface area contributed by atoms with E-state index in [4.69, 9.17) is 0 Å². The lowest BCUT2D eigenvalue weighted by Gasteiger charge is -2.09. The van der Waals surface area contributed by atoms with Crippen molar-refractivity contribution in [3.8, 4) is 0 Å². The van der Waals surface area contributed by atoms with Gasteiger partial charge >= 0.3 is 0 Å². The molecule has 1 heterocycles. The summed E-state index contributed by atoms with van der Waals surface area (Å²) in [7, 11) is 0. The number of tetrazole rings is 1. The van der Waals surface area contributed by atoms with Gasteiger partial charge in [0.1, 0.15) is 0 Å². The Hall–Kier alpha value is -1.71. The highest BCUT2D eigenvalue weighted by Crippen LogP contribution is 2.14. The standard InChI is InChI=1S/C12H16N4/c1-4-12-13-14-15-16(12)8-11-9(2)6-5-7-10(11)3/h5-7H,4,8H2,1-3H3. The number of rotatable bonds is 3. The molecule has 0 aliphatic heterocycles. The lowest BCUT2D eigenvalue weighted by Crippen LogP contribution is -2.08. The second-order valence-electron chi connectivity index (χ2n) is 3.98. The molecule has 1 aromatic heterocycles. The summed E-state index contributed by atoms with van der Waals surface area (Å²) in [4.78, 5) is 0. The fourth-order valence-electron chi connectivity index (χ4n) is 1.85. The first-order valence-electron chi connectivity index (χ1n) is 5.52. The van der Waals surface area contributed by atoms with Crippen molar-refractivity contribution in [1.29, 1.82) is 0 Å². The number of hydrogen-bond acceptors (Lipinski definition) is 3. The van der Waals surface area contributed by atoms with E-state index in [2.05, 4.69) is 54.5 Å². The average Bonchev–Trinajstić information content (AvgIpc) is 2.71. The highest BCUT2D eigenvalue weighted by Gasteiger charge is 2.07. The second-order valence-corrected chi connectivity index (χ2v) is 3.98. The summed E-state index contributed by atoms with van der Waals surface area (Å²) in [6, 6.07) is 6.32. The normalized spacial score (nSPS) is 10.7. The Morgan fingerprint density at radius 2 is 1.88 bits per heavy atom. The quantitative estimate of drug-likeness (QED) is 0.787. The SMILES string of the molecule is CCc1nnnn1Cc1c(C)cccc1C. The zero-order chi connectivity index (χ0) is 11.5. The van der Waals surface area contributed by atoms with Crippen LogP contribution in [0, 0.1) is 13.8 Å². The molecule has 2 rings (SSSR count).